The summed E-state index contributed by atoms with van der Waals surface area (Å²) in [6, 6.07) is 0. The van der Waals surface area contributed by atoms with Crippen molar-refractivity contribution in [3.8, 4) is 0 Å². The zero-order valence-corrected chi connectivity index (χ0v) is 28.5. The van der Waals surface area contributed by atoms with Crippen LogP contribution < -0.4 is 0 Å². The van der Waals surface area contributed by atoms with Gasteiger partial charge in [-0.05, 0) is 97.9 Å². The number of esters is 1. The van der Waals surface area contributed by atoms with Crippen molar-refractivity contribution in [2.75, 3.05) is 6.61 Å². The van der Waals surface area contributed by atoms with Crippen LogP contribution in [0.2, 0.25) is 0 Å². The van der Waals surface area contributed by atoms with Crippen LogP contribution in [-0.4, -0.2) is 91.9 Å². The smallest absolute Gasteiger partial charge is 0.314 e. The topological polar surface area (TPSA) is 174 Å². The van der Waals surface area contributed by atoms with E-state index in [0.717, 1.165) is 24.8 Å². The van der Waals surface area contributed by atoms with Crippen LogP contribution >= 0.6 is 0 Å². The fraction of sp³-hybridized carbons (Fsp3) is 0.889. The van der Waals surface area contributed by atoms with E-state index in [2.05, 4.69) is 41.5 Å². The fourth-order valence-corrected chi connectivity index (χ4v) is 11.7. The highest BCUT2D eigenvalue weighted by atomic mass is 16.7. The molecule has 5 aliphatic carbocycles. The highest BCUT2D eigenvalue weighted by molar-refractivity contribution is 5.96. The Labute approximate surface area is 272 Å². The lowest BCUT2D eigenvalue weighted by Crippen LogP contribution is -2.70. The SMILES string of the molecule is CC1(C)[C@@H](O)CC[C@]2(C)[C@H]3C(=O)C=C4[C@@H]5C[C@@](C)(C(=O)O[C@@H]6O[C@H](CO)[C@@H](O)[C@H](O)[C@H]6O)CC[C@]5(C)CC[C@@]4(C)[C@]3(C)[C@@H](O)C[C@@H]12. The van der Waals surface area contributed by atoms with E-state index in [1.807, 2.05) is 13.0 Å². The van der Waals surface area contributed by atoms with Crippen LogP contribution in [0.1, 0.15) is 99.8 Å². The average molecular weight is 649 g/mol. The molecule has 6 N–H and O–H groups in total. The van der Waals surface area contributed by atoms with E-state index in [1.54, 1.807) is 0 Å². The third kappa shape index (κ3) is 4.46. The van der Waals surface area contributed by atoms with E-state index in [4.69, 9.17) is 9.47 Å². The summed E-state index contributed by atoms with van der Waals surface area (Å²) >= 11 is 0. The van der Waals surface area contributed by atoms with Crippen molar-refractivity contribution in [3.63, 3.8) is 0 Å². The molecule has 0 unspecified atom stereocenters. The molecule has 4 saturated carbocycles. The summed E-state index contributed by atoms with van der Waals surface area (Å²) in [4.78, 5) is 28.4. The number of hydrogen-bond acceptors (Lipinski definition) is 10. The number of carbonyl (C=O) groups is 2. The van der Waals surface area contributed by atoms with Gasteiger partial charge in [-0.25, -0.2) is 0 Å². The number of fused-ring (bicyclic) bond motifs is 7. The van der Waals surface area contributed by atoms with Crippen LogP contribution in [0.15, 0.2) is 11.6 Å². The van der Waals surface area contributed by atoms with E-state index in [0.29, 0.717) is 32.1 Å². The van der Waals surface area contributed by atoms with Crippen LogP contribution in [0.5, 0.6) is 0 Å². The molecule has 10 heteroatoms. The Morgan fingerprint density at radius 1 is 0.891 bits per heavy atom. The summed E-state index contributed by atoms with van der Waals surface area (Å²) in [6.07, 6.45) is -1.78. The molecule has 0 spiro atoms. The summed E-state index contributed by atoms with van der Waals surface area (Å²) in [6.45, 7) is 14.1. The van der Waals surface area contributed by atoms with Gasteiger partial charge in [-0.2, -0.15) is 0 Å². The van der Waals surface area contributed by atoms with Crippen molar-refractivity contribution in [2.24, 2.45) is 50.2 Å². The largest absolute Gasteiger partial charge is 0.432 e. The molecule has 0 aromatic heterocycles. The number of hydrogen-bond donors (Lipinski definition) is 6. The predicted molar refractivity (Wildman–Crippen MR) is 167 cm³/mol. The number of aliphatic hydroxyl groups excluding tert-OH is 6. The molecule has 0 aromatic carbocycles. The number of aliphatic hydroxyl groups is 6. The molecule has 46 heavy (non-hydrogen) atoms. The molecule has 0 amide bonds. The van der Waals surface area contributed by atoms with Gasteiger partial charge in [0.05, 0.1) is 24.2 Å². The number of allylic oxidation sites excluding steroid dienone is 2. The van der Waals surface area contributed by atoms with E-state index >= 15 is 0 Å². The Hall–Kier alpha value is -1.40. The highest BCUT2D eigenvalue weighted by Gasteiger charge is 2.73. The molecule has 0 radical (unpaired) electrons. The Morgan fingerprint density at radius 2 is 1.54 bits per heavy atom. The maximum atomic E-state index is 14.6. The molecule has 15 atom stereocenters. The molecule has 6 aliphatic rings. The summed E-state index contributed by atoms with van der Waals surface area (Å²) in [5.74, 6) is -1.10. The minimum Gasteiger partial charge on any atom is -0.432 e. The van der Waals surface area contributed by atoms with Gasteiger partial charge in [0, 0.05) is 11.3 Å². The highest BCUT2D eigenvalue weighted by Crippen LogP contribution is 2.75. The molecule has 260 valence electrons. The fourth-order valence-electron chi connectivity index (χ4n) is 11.7. The number of ketones is 1. The van der Waals surface area contributed by atoms with Crippen LogP contribution in [-0.2, 0) is 19.1 Å². The molecular formula is C36H56O10. The Balaban J connectivity index is 1.34. The van der Waals surface area contributed by atoms with Gasteiger partial charge in [0.1, 0.15) is 24.4 Å². The maximum absolute atomic E-state index is 14.6. The third-order valence-electron chi connectivity index (χ3n) is 15.2. The maximum Gasteiger partial charge on any atom is 0.314 e. The minimum atomic E-state index is -1.68. The van der Waals surface area contributed by atoms with Crippen LogP contribution in [0.4, 0.5) is 0 Å². The van der Waals surface area contributed by atoms with E-state index in [-0.39, 0.29) is 28.4 Å². The molecule has 0 aromatic rings. The van der Waals surface area contributed by atoms with Crippen molar-refractivity contribution in [2.45, 2.75) is 143 Å². The molecule has 6 rings (SSSR count). The van der Waals surface area contributed by atoms with Gasteiger partial charge in [0.25, 0.3) is 0 Å². The van der Waals surface area contributed by atoms with Gasteiger partial charge >= 0.3 is 5.97 Å². The van der Waals surface area contributed by atoms with Crippen LogP contribution in [0.3, 0.4) is 0 Å². The summed E-state index contributed by atoms with van der Waals surface area (Å²) < 4.78 is 11.2. The second-order valence-electron chi connectivity index (χ2n) is 17.8. The predicted octanol–water partition coefficient (Wildman–Crippen LogP) is 2.64. The van der Waals surface area contributed by atoms with Crippen molar-refractivity contribution in [1.82, 2.24) is 0 Å². The van der Waals surface area contributed by atoms with E-state index < -0.39 is 83.1 Å². The molecule has 0 bridgehead atoms. The second-order valence-corrected chi connectivity index (χ2v) is 17.8. The van der Waals surface area contributed by atoms with Crippen LogP contribution in [0, 0.1) is 50.2 Å². The van der Waals surface area contributed by atoms with Crippen molar-refractivity contribution in [3.05, 3.63) is 11.6 Å². The van der Waals surface area contributed by atoms with Gasteiger partial charge in [0.2, 0.25) is 6.29 Å². The van der Waals surface area contributed by atoms with Crippen LogP contribution in [0.25, 0.3) is 0 Å². The molecule has 1 heterocycles. The van der Waals surface area contributed by atoms with Gasteiger partial charge in [-0.3, -0.25) is 9.59 Å². The summed E-state index contributed by atoms with van der Waals surface area (Å²) in [7, 11) is 0. The average Bonchev–Trinajstić information content (AvgIpc) is 2.99. The minimum absolute atomic E-state index is 0.0108. The molecule has 1 saturated heterocycles. The first-order valence-corrected chi connectivity index (χ1v) is 17.3. The quantitative estimate of drug-likeness (QED) is 0.250. The van der Waals surface area contributed by atoms with Gasteiger partial charge in [0.15, 0.2) is 5.78 Å². The lowest BCUT2D eigenvalue weighted by Gasteiger charge is -2.71. The lowest BCUT2D eigenvalue weighted by atomic mass is 9.33. The number of carbonyl (C=O) groups excluding carboxylic acids is 2. The number of ether oxygens (including phenoxy) is 2. The van der Waals surface area contributed by atoms with Crippen molar-refractivity contribution in [1.29, 1.82) is 0 Å². The Bertz CT molecular complexity index is 1300. The first kappa shape index (κ1) is 34.5. The van der Waals surface area contributed by atoms with Gasteiger partial charge in [-0.1, -0.05) is 47.1 Å². The number of rotatable bonds is 3. The van der Waals surface area contributed by atoms with Crippen molar-refractivity contribution < 1.29 is 49.7 Å². The summed E-state index contributed by atoms with van der Waals surface area (Å²) in [5.41, 5.74) is -2.19. The standard InChI is InChI=1S/C36H56O10/c1-31(2)22-15-24(40)36(7)28(34(22,5)9-8-23(31)39)20(38)14-18-19-16-33(4,11-10-32(19,3)12-13-35(18,36)6)30(44)46-29-27(43)26(42)25(41)21(17-37)45-29/h14,19,21-29,37,39-43H,8-13,15-17H2,1-7H3/t19-,21+,22-,23-,24-,25+,26-,27+,28+,29-,32+,33-,34-,35+,36+/m0/s1. The molecule has 5 fully saturated rings. The Morgan fingerprint density at radius 3 is 2.20 bits per heavy atom. The first-order chi connectivity index (χ1) is 21.2. The second kappa shape index (κ2) is 10.8. The van der Waals surface area contributed by atoms with Crippen molar-refractivity contribution >= 4 is 11.8 Å². The summed E-state index contributed by atoms with van der Waals surface area (Å²) in [5, 5.41) is 63.7. The molecule has 10 nitrogen and oxygen atoms in total. The lowest BCUT2D eigenvalue weighted by molar-refractivity contribution is -0.296. The third-order valence-corrected chi connectivity index (χ3v) is 15.2. The zero-order chi connectivity index (χ0) is 34.0. The van der Waals surface area contributed by atoms with E-state index in [9.17, 15) is 40.2 Å². The molecule has 1 aliphatic heterocycles. The molecular weight excluding hydrogens is 592 g/mol. The van der Waals surface area contributed by atoms with E-state index in [1.165, 1.54) is 0 Å². The Kier molecular flexibility index (Phi) is 8.09. The van der Waals surface area contributed by atoms with Gasteiger partial charge in [-0.15, -0.1) is 0 Å². The van der Waals surface area contributed by atoms with Gasteiger partial charge < -0.3 is 40.1 Å². The normalized spacial score (nSPS) is 54.8. The zero-order valence-electron chi connectivity index (χ0n) is 28.5. The monoisotopic (exact) mass is 648 g/mol. The first-order valence-electron chi connectivity index (χ1n) is 17.3.